The molecule has 0 unspecified atom stereocenters. The molecular formula is C14H14FNO3S. The van der Waals surface area contributed by atoms with Gasteiger partial charge >= 0.3 is 0 Å². The van der Waals surface area contributed by atoms with Crippen LogP contribution in [0.1, 0.15) is 5.56 Å². The maximum absolute atomic E-state index is 13.1. The first kappa shape index (κ1) is 14.5. The van der Waals surface area contributed by atoms with Crippen molar-refractivity contribution in [1.29, 1.82) is 0 Å². The first-order chi connectivity index (χ1) is 9.40. The standard InChI is InChI=1S/C14H14FNO3S/c1-20(17,18)13-4-2-3-12(8-13)19-14-6-5-11(15)7-10(14)9-16/h2-8H,9,16H2,1H3. The molecule has 0 amide bonds. The Labute approximate surface area is 116 Å². The topological polar surface area (TPSA) is 69.4 Å². The van der Waals surface area contributed by atoms with Crippen molar-refractivity contribution in [2.45, 2.75) is 11.4 Å². The minimum absolute atomic E-state index is 0.124. The van der Waals surface area contributed by atoms with Gasteiger partial charge in [0.2, 0.25) is 0 Å². The summed E-state index contributed by atoms with van der Waals surface area (Å²) < 4.78 is 41.6. The summed E-state index contributed by atoms with van der Waals surface area (Å²) in [5, 5.41) is 0. The lowest BCUT2D eigenvalue weighted by Gasteiger charge is -2.10. The molecule has 2 N–H and O–H groups in total. The van der Waals surface area contributed by atoms with Crippen molar-refractivity contribution in [2.24, 2.45) is 5.73 Å². The largest absolute Gasteiger partial charge is 0.457 e. The maximum atomic E-state index is 13.1. The molecule has 20 heavy (non-hydrogen) atoms. The molecule has 0 aromatic heterocycles. The van der Waals surface area contributed by atoms with Crippen LogP contribution in [0.2, 0.25) is 0 Å². The third-order valence-electron chi connectivity index (χ3n) is 2.70. The zero-order chi connectivity index (χ0) is 14.8. The fourth-order valence-corrected chi connectivity index (χ4v) is 2.36. The quantitative estimate of drug-likeness (QED) is 0.940. The van der Waals surface area contributed by atoms with E-state index in [4.69, 9.17) is 10.5 Å². The van der Waals surface area contributed by atoms with Gasteiger partial charge < -0.3 is 10.5 Å². The molecule has 0 radical (unpaired) electrons. The fourth-order valence-electron chi connectivity index (χ4n) is 1.70. The lowest BCUT2D eigenvalue weighted by Crippen LogP contribution is -2.01. The summed E-state index contributed by atoms with van der Waals surface area (Å²) in [6.07, 6.45) is 1.12. The number of hydrogen-bond donors (Lipinski definition) is 1. The van der Waals surface area contributed by atoms with Crippen LogP contribution in [0, 0.1) is 5.82 Å². The summed E-state index contributed by atoms with van der Waals surface area (Å²) in [5.41, 5.74) is 6.04. The molecule has 0 spiro atoms. The highest BCUT2D eigenvalue weighted by Crippen LogP contribution is 2.27. The van der Waals surface area contributed by atoms with Crippen molar-refractivity contribution < 1.29 is 17.5 Å². The molecular weight excluding hydrogens is 281 g/mol. The van der Waals surface area contributed by atoms with Crippen molar-refractivity contribution in [3.8, 4) is 11.5 Å². The van der Waals surface area contributed by atoms with Crippen molar-refractivity contribution in [2.75, 3.05) is 6.26 Å². The monoisotopic (exact) mass is 295 g/mol. The van der Waals surface area contributed by atoms with Crippen LogP contribution in [0.5, 0.6) is 11.5 Å². The second-order valence-electron chi connectivity index (χ2n) is 4.31. The molecule has 4 nitrogen and oxygen atoms in total. The smallest absolute Gasteiger partial charge is 0.175 e. The molecule has 106 valence electrons. The SMILES string of the molecule is CS(=O)(=O)c1cccc(Oc2ccc(F)cc2CN)c1. The van der Waals surface area contributed by atoms with Crippen LogP contribution in [0.3, 0.4) is 0 Å². The average molecular weight is 295 g/mol. The molecule has 0 aliphatic heterocycles. The molecule has 0 heterocycles. The lowest BCUT2D eigenvalue weighted by molar-refractivity contribution is 0.472. The molecule has 2 aromatic rings. The average Bonchev–Trinajstić information content (AvgIpc) is 2.40. The van der Waals surface area contributed by atoms with Gasteiger partial charge in [-0.2, -0.15) is 0 Å². The Morgan fingerprint density at radius 1 is 1.20 bits per heavy atom. The number of nitrogens with two attached hydrogens (primary N) is 1. The summed E-state index contributed by atoms with van der Waals surface area (Å²) >= 11 is 0. The predicted molar refractivity (Wildman–Crippen MR) is 73.9 cm³/mol. The highest BCUT2D eigenvalue weighted by molar-refractivity contribution is 7.90. The molecule has 6 heteroatoms. The summed E-state index contributed by atoms with van der Waals surface area (Å²) in [7, 11) is -3.30. The molecule has 0 aliphatic rings. The molecule has 0 aliphatic carbocycles. The predicted octanol–water partition coefficient (Wildman–Crippen LogP) is 2.48. The van der Waals surface area contributed by atoms with Crippen LogP contribution < -0.4 is 10.5 Å². The second kappa shape index (κ2) is 5.60. The molecule has 0 saturated heterocycles. The molecule has 2 rings (SSSR count). The van der Waals surface area contributed by atoms with Gasteiger partial charge in [0.1, 0.15) is 17.3 Å². The van der Waals surface area contributed by atoms with Crippen molar-refractivity contribution >= 4 is 9.84 Å². The van der Waals surface area contributed by atoms with E-state index in [1.165, 1.54) is 30.3 Å². The normalized spacial score (nSPS) is 11.3. The zero-order valence-electron chi connectivity index (χ0n) is 10.8. The van der Waals surface area contributed by atoms with E-state index >= 15 is 0 Å². The first-order valence-electron chi connectivity index (χ1n) is 5.86. The van der Waals surface area contributed by atoms with Crippen LogP contribution in [0.4, 0.5) is 4.39 Å². The Morgan fingerprint density at radius 3 is 2.60 bits per heavy atom. The van der Waals surface area contributed by atoms with E-state index in [-0.39, 0.29) is 11.4 Å². The second-order valence-corrected chi connectivity index (χ2v) is 6.32. The van der Waals surface area contributed by atoms with Gasteiger partial charge in [-0.25, -0.2) is 12.8 Å². The summed E-state index contributed by atoms with van der Waals surface area (Å²) in [6, 6.07) is 10.1. The minimum atomic E-state index is -3.30. The Balaban J connectivity index is 2.36. The van der Waals surface area contributed by atoms with E-state index in [1.54, 1.807) is 12.1 Å². The van der Waals surface area contributed by atoms with Gasteiger partial charge in [-0.1, -0.05) is 6.07 Å². The molecule has 0 atom stereocenters. The van der Waals surface area contributed by atoms with E-state index in [2.05, 4.69) is 0 Å². The molecule has 0 fully saturated rings. The van der Waals surface area contributed by atoms with Crippen molar-refractivity contribution in [3.05, 3.63) is 53.8 Å². The zero-order valence-corrected chi connectivity index (χ0v) is 11.7. The van der Waals surface area contributed by atoms with Crippen LogP contribution in [-0.2, 0) is 16.4 Å². The van der Waals surface area contributed by atoms with Gasteiger partial charge in [0.05, 0.1) is 4.90 Å². The number of halogens is 1. The molecule has 0 saturated carbocycles. The first-order valence-corrected chi connectivity index (χ1v) is 7.76. The summed E-state index contributed by atoms with van der Waals surface area (Å²) in [5.74, 6) is 0.358. The summed E-state index contributed by atoms with van der Waals surface area (Å²) in [6.45, 7) is 0.124. The Kier molecular flexibility index (Phi) is 4.06. The van der Waals surface area contributed by atoms with Gasteiger partial charge in [-0.05, 0) is 36.4 Å². The van der Waals surface area contributed by atoms with E-state index in [0.29, 0.717) is 17.1 Å². The molecule has 0 bridgehead atoms. The van der Waals surface area contributed by atoms with Gasteiger partial charge in [-0.3, -0.25) is 0 Å². The van der Waals surface area contributed by atoms with Crippen LogP contribution in [0.15, 0.2) is 47.4 Å². The van der Waals surface area contributed by atoms with Gasteiger partial charge in [-0.15, -0.1) is 0 Å². The lowest BCUT2D eigenvalue weighted by atomic mass is 10.2. The number of sulfone groups is 1. The van der Waals surface area contributed by atoms with E-state index in [9.17, 15) is 12.8 Å². The van der Waals surface area contributed by atoms with Crippen molar-refractivity contribution in [1.82, 2.24) is 0 Å². The fraction of sp³-hybridized carbons (Fsp3) is 0.143. The molecule has 2 aromatic carbocycles. The maximum Gasteiger partial charge on any atom is 0.175 e. The highest BCUT2D eigenvalue weighted by atomic mass is 32.2. The highest BCUT2D eigenvalue weighted by Gasteiger charge is 2.10. The Hall–Kier alpha value is -1.92. The summed E-state index contributed by atoms with van der Waals surface area (Å²) in [4.78, 5) is 0.159. The van der Waals surface area contributed by atoms with Crippen LogP contribution in [-0.4, -0.2) is 14.7 Å². The minimum Gasteiger partial charge on any atom is -0.457 e. The Morgan fingerprint density at radius 2 is 1.95 bits per heavy atom. The van der Waals surface area contributed by atoms with E-state index in [0.717, 1.165) is 6.26 Å². The number of benzene rings is 2. The number of hydrogen-bond acceptors (Lipinski definition) is 4. The third-order valence-corrected chi connectivity index (χ3v) is 3.81. The Bertz CT molecular complexity index is 729. The van der Waals surface area contributed by atoms with Gasteiger partial charge in [0.15, 0.2) is 9.84 Å². The number of ether oxygens (including phenoxy) is 1. The third kappa shape index (κ3) is 3.34. The van der Waals surface area contributed by atoms with Crippen LogP contribution >= 0.6 is 0 Å². The van der Waals surface area contributed by atoms with Gasteiger partial charge in [0.25, 0.3) is 0 Å². The van der Waals surface area contributed by atoms with Gasteiger partial charge in [0, 0.05) is 18.4 Å². The number of rotatable bonds is 4. The van der Waals surface area contributed by atoms with E-state index < -0.39 is 15.7 Å². The van der Waals surface area contributed by atoms with Crippen molar-refractivity contribution in [3.63, 3.8) is 0 Å². The van der Waals surface area contributed by atoms with Crippen LogP contribution in [0.25, 0.3) is 0 Å². The van der Waals surface area contributed by atoms with E-state index in [1.807, 2.05) is 0 Å².